The Morgan fingerprint density at radius 1 is 1.21 bits per heavy atom. The van der Waals surface area contributed by atoms with Crippen LogP contribution in [0.25, 0.3) is 0 Å². The molecular formula is C15H15BrFNO. The van der Waals surface area contributed by atoms with Crippen LogP contribution in [0.5, 0.6) is 11.5 Å². The summed E-state index contributed by atoms with van der Waals surface area (Å²) in [7, 11) is 0. The molecule has 0 saturated carbocycles. The summed E-state index contributed by atoms with van der Waals surface area (Å²) in [6.45, 7) is 2.04. The monoisotopic (exact) mass is 323 g/mol. The first-order chi connectivity index (χ1) is 9.10. The molecule has 0 unspecified atom stereocenters. The van der Waals surface area contributed by atoms with Gasteiger partial charge < -0.3 is 10.5 Å². The van der Waals surface area contributed by atoms with E-state index in [0.717, 1.165) is 12.0 Å². The van der Waals surface area contributed by atoms with Gasteiger partial charge in [0.05, 0.1) is 4.47 Å². The van der Waals surface area contributed by atoms with E-state index in [9.17, 15) is 4.39 Å². The summed E-state index contributed by atoms with van der Waals surface area (Å²) >= 11 is 3.33. The molecule has 0 aliphatic carbocycles. The Bertz CT molecular complexity index is 557. The molecule has 19 heavy (non-hydrogen) atoms. The third-order valence-corrected chi connectivity index (χ3v) is 3.52. The van der Waals surface area contributed by atoms with E-state index >= 15 is 0 Å². The average molecular weight is 324 g/mol. The molecule has 0 saturated heterocycles. The predicted octanol–water partition coefficient (Wildman–Crippen LogP) is 4.79. The van der Waals surface area contributed by atoms with E-state index < -0.39 is 0 Å². The van der Waals surface area contributed by atoms with Crippen LogP contribution in [-0.2, 0) is 0 Å². The summed E-state index contributed by atoms with van der Waals surface area (Å²) in [5, 5.41) is 0. The number of hydrogen-bond donors (Lipinski definition) is 1. The van der Waals surface area contributed by atoms with Crippen molar-refractivity contribution in [3.63, 3.8) is 0 Å². The van der Waals surface area contributed by atoms with Crippen LogP contribution >= 0.6 is 15.9 Å². The second-order valence-electron chi connectivity index (χ2n) is 4.26. The van der Waals surface area contributed by atoms with E-state index in [1.807, 2.05) is 31.2 Å². The van der Waals surface area contributed by atoms with Crippen molar-refractivity contribution in [3.8, 4) is 11.5 Å². The summed E-state index contributed by atoms with van der Waals surface area (Å²) in [4.78, 5) is 0. The van der Waals surface area contributed by atoms with Crippen LogP contribution in [0, 0.1) is 5.82 Å². The lowest BCUT2D eigenvalue weighted by molar-refractivity contribution is 0.473. The molecule has 2 aromatic carbocycles. The molecule has 0 radical (unpaired) electrons. The van der Waals surface area contributed by atoms with Crippen molar-refractivity contribution in [3.05, 3.63) is 58.3 Å². The van der Waals surface area contributed by atoms with Gasteiger partial charge in [-0.2, -0.15) is 0 Å². The molecule has 0 fully saturated rings. The quantitative estimate of drug-likeness (QED) is 0.877. The number of hydrogen-bond acceptors (Lipinski definition) is 2. The first kappa shape index (κ1) is 14.0. The molecule has 0 spiro atoms. The van der Waals surface area contributed by atoms with Crippen LogP contribution in [-0.4, -0.2) is 0 Å². The van der Waals surface area contributed by atoms with Crippen molar-refractivity contribution < 1.29 is 9.13 Å². The third-order valence-electron chi connectivity index (χ3n) is 2.87. The molecule has 100 valence electrons. The van der Waals surface area contributed by atoms with E-state index in [0.29, 0.717) is 16.0 Å². The maximum atomic E-state index is 13.1. The molecule has 4 heteroatoms. The Hall–Kier alpha value is -1.39. The van der Waals surface area contributed by atoms with Gasteiger partial charge in [-0.05, 0) is 52.2 Å². The molecule has 1 atom stereocenters. The normalized spacial score (nSPS) is 12.2. The Morgan fingerprint density at radius 3 is 2.53 bits per heavy atom. The van der Waals surface area contributed by atoms with E-state index in [1.54, 1.807) is 6.07 Å². The Morgan fingerprint density at radius 2 is 1.89 bits per heavy atom. The van der Waals surface area contributed by atoms with Crippen LogP contribution < -0.4 is 10.5 Å². The number of nitrogens with two attached hydrogens (primary N) is 1. The smallest absolute Gasteiger partial charge is 0.144 e. The topological polar surface area (TPSA) is 35.2 Å². The minimum atomic E-state index is -0.331. The predicted molar refractivity (Wildman–Crippen MR) is 77.8 cm³/mol. The molecule has 0 bridgehead atoms. The number of benzene rings is 2. The zero-order valence-electron chi connectivity index (χ0n) is 10.6. The van der Waals surface area contributed by atoms with Crippen molar-refractivity contribution >= 4 is 15.9 Å². The van der Waals surface area contributed by atoms with Gasteiger partial charge in [0.15, 0.2) is 0 Å². The molecule has 2 aromatic rings. The van der Waals surface area contributed by atoms with Gasteiger partial charge in [-0.1, -0.05) is 19.1 Å². The van der Waals surface area contributed by atoms with Crippen molar-refractivity contribution in [1.82, 2.24) is 0 Å². The highest BCUT2D eigenvalue weighted by atomic mass is 79.9. The summed E-state index contributed by atoms with van der Waals surface area (Å²) in [5.74, 6) is 0.772. The molecule has 2 rings (SSSR count). The van der Waals surface area contributed by atoms with Gasteiger partial charge in [0, 0.05) is 12.1 Å². The lowest BCUT2D eigenvalue weighted by atomic mass is 10.1. The molecule has 0 aliphatic heterocycles. The number of halogens is 2. The first-order valence-corrected chi connectivity index (χ1v) is 6.88. The van der Waals surface area contributed by atoms with Crippen LogP contribution in [0.4, 0.5) is 4.39 Å². The molecule has 0 amide bonds. The maximum absolute atomic E-state index is 13.1. The second-order valence-corrected chi connectivity index (χ2v) is 5.11. The van der Waals surface area contributed by atoms with Gasteiger partial charge in [0.2, 0.25) is 0 Å². The fourth-order valence-electron chi connectivity index (χ4n) is 1.70. The fraction of sp³-hybridized carbons (Fsp3) is 0.200. The number of rotatable bonds is 4. The molecule has 2 nitrogen and oxygen atoms in total. The molecule has 2 N–H and O–H groups in total. The highest BCUT2D eigenvalue weighted by molar-refractivity contribution is 9.10. The third kappa shape index (κ3) is 3.55. The average Bonchev–Trinajstić information content (AvgIpc) is 2.43. The molecular weight excluding hydrogens is 309 g/mol. The van der Waals surface area contributed by atoms with Crippen LogP contribution in [0.1, 0.15) is 24.9 Å². The summed E-state index contributed by atoms with van der Waals surface area (Å²) < 4.78 is 19.5. The van der Waals surface area contributed by atoms with Gasteiger partial charge in [-0.25, -0.2) is 4.39 Å². The van der Waals surface area contributed by atoms with Crippen molar-refractivity contribution in [2.24, 2.45) is 5.73 Å². The van der Waals surface area contributed by atoms with Crippen LogP contribution in [0.3, 0.4) is 0 Å². The standard InChI is InChI=1S/C15H15BrFNO/c1-2-14(18)10-3-6-12(7-4-10)19-15-9-11(17)5-8-13(15)16/h3-9,14H,2,18H2,1H3/t14-/m1/s1. The van der Waals surface area contributed by atoms with E-state index in [-0.39, 0.29) is 11.9 Å². The molecule has 0 heterocycles. The lowest BCUT2D eigenvalue weighted by Gasteiger charge is -2.11. The Labute approximate surface area is 120 Å². The van der Waals surface area contributed by atoms with Crippen molar-refractivity contribution in [1.29, 1.82) is 0 Å². The van der Waals surface area contributed by atoms with Gasteiger partial charge in [-0.3, -0.25) is 0 Å². The SMILES string of the molecule is CC[C@@H](N)c1ccc(Oc2cc(F)ccc2Br)cc1. The van der Waals surface area contributed by atoms with E-state index in [1.165, 1.54) is 12.1 Å². The maximum Gasteiger partial charge on any atom is 0.144 e. The van der Waals surface area contributed by atoms with E-state index in [4.69, 9.17) is 10.5 Å². The summed E-state index contributed by atoms with van der Waals surface area (Å²) in [6.07, 6.45) is 0.885. The highest BCUT2D eigenvalue weighted by Gasteiger charge is 2.06. The zero-order valence-corrected chi connectivity index (χ0v) is 12.2. The van der Waals surface area contributed by atoms with Crippen molar-refractivity contribution in [2.75, 3.05) is 0 Å². The zero-order chi connectivity index (χ0) is 13.8. The lowest BCUT2D eigenvalue weighted by Crippen LogP contribution is -2.08. The van der Waals surface area contributed by atoms with Crippen LogP contribution in [0.2, 0.25) is 0 Å². The minimum Gasteiger partial charge on any atom is -0.456 e. The van der Waals surface area contributed by atoms with Gasteiger partial charge >= 0.3 is 0 Å². The van der Waals surface area contributed by atoms with Crippen molar-refractivity contribution in [2.45, 2.75) is 19.4 Å². The summed E-state index contributed by atoms with van der Waals surface area (Å²) in [6, 6.07) is 11.9. The van der Waals surface area contributed by atoms with Crippen LogP contribution in [0.15, 0.2) is 46.9 Å². The Balaban J connectivity index is 2.17. The highest BCUT2D eigenvalue weighted by Crippen LogP contribution is 2.30. The largest absolute Gasteiger partial charge is 0.456 e. The number of ether oxygens (including phenoxy) is 1. The van der Waals surface area contributed by atoms with Gasteiger partial charge in [0.25, 0.3) is 0 Å². The fourth-order valence-corrected chi connectivity index (χ4v) is 2.03. The van der Waals surface area contributed by atoms with Gasteiger partial charge in [0.1, 0.15) is 17.3 Å². The Kier molecular flexibility index (Phi) is 4.56. The van der Waals surface area contributed by atoms with E-state index in [2.05, 4.69) is 15.9 Å². The van der Waals surface area contributed by atoms with Gasteiger partial charge in [-0.15, -0.1) is 0 Å². The first-order valence-electron chi connectivity index (χ1n) is 6.08. The summed E-state index contributed by atoms with van der Waals surface area (Å²) in [5.41, 5.74) is 7.01. The molecule has 0 aliphatic rings. The minimum absolute atomic E-state index is 0.0370. The second kappa shape index (κ2) is 6.17. The molecule has 0 aromatic heterocycles.